The van der Waals surface area contributed by atoms with E-state index in [-0.39, 0.29) is 0 Å². The highest BCUT2D eigenvalue weighted by molar-refractivity contribution is 6.10. The fourth-order valence-corrected chi connectivity index (χ4v) is 6.68. The Hall–Kier alpha value is -5.86. The predicted octanol–water partition coefficient (Wildman–Crippen LogP) is 11.7. The smallest absolute Gasteiger partial charge is 0.143 e. The van der Waals surface area contributed by atoms with Crippen LogP contribution in [0.15, 0.2) is 168 Å². The molecule has 0 aliphatic rings. The number of aromatic nitrogens is 1. The fraction of sp³-hybridized carbons (Fsp3) is 0. The standard InChI is InChI=1S/C42H27NO/c1-4-13-39-35(8-1)36-9-2-5-14-40(36)43(39)33-26-24-31(25-27-33)29-18-16-28(17-19-29)30-20-22-32(23-21-30)34-11-7-12-38-37-10-3-6-15-41(37)44-42(34)38/h1-27H. The van der Waals surface area contributed by atoms with Crippen molar-refractivity contribution in [2.24, 2.45) is 0 Å². The minimum atomic E-state index is 0.924. The number of rotatable bonds is 4. The molecule has 44 heavy (non-hydrogen) atoms. The third-order valence-corrected chi connectivity index (χ3v) is 8.86. The van der Waals surface area contributed by atoms with E-state index >= 15 is 0 Å². The van der Waals surface area contributed by atoms with Gasteiger partial charge in [0, 0.05) is 32.8 Å². The van der Waals surface area contributed by atoms with Crippen LogP contribution < -0.4 is 0 Å². The van der Waals surface area contributed by atoms with E-state index in [1.54, 1.807) is 0 Å². The van der Waals surface area contributed by atoms with Gasteiger partial charge in [0.05, 0.1) is 11.0 Å². The summed E-state index contributed by atoms with van der Waals surface area (Å²) in [6, 6.07) is 58.4. The predicted molar refractivity (Wildman–Crippen MR) is 184 cm³/mol. The highest BCUT2D eigenvalue weighted by atomic mass is 16.3. The van der Waals surface area contributed by atoms with E-state index in [2.05, 4.69) is 156 Å². The summed E-state index contributed by atoms with van der Waals surface area (Å²) < 4.78 is 8.63. The van der Waals surface area contributed by atoms with Crippen molar-refractivity contribution in [1.82, 2.24) is 4.57 Å². The Bertz CT molecular complexity index is 2410. The van der Waals surface area contributed by atoms with Gasteiger partial charge >= 0.3 is 0 Å². The molecule has 9 aromatic rings. The molecule has 0 radical (unpaired) electrons. The lowest BCUT2D eigenvalue weighted by Gasteiger charge is -2.10. The van der Waals surface area contributed by atoms with Crippen LogP contribution in [0, 0.1) is 0 Å². The summed E-state index contributed by atoms with van der Waals surface area (Å²) in [5.74, 6) is 0. The molecule has 2 aromatic heterocycles. The van der Waals surface area contributed by atoms with Crippen molar-refractivity contribution in [3.63, 3.8) is 0 Å². The Morgan fingerprint density at radius 1 is 0.341 bits per heavy atom. The van der Waals surface area contributed by atoms with Crippen molar-refractivity contribution in [3.8, 4) is 39.1 Å². The van der Waals surface area contributed by atoms with Gasteiger partial charge in [0.15, 0.2) is 0 Å². The van der Waals surface area contributed by atoms with Gasteiger partial charge in [-0.1, -0.05) is 133 Å². The first-order valence-electron chi connectivity index (χ1n) is 15.0. The molecular weight excluding hydrogens is 534 g/mol. The van der Waals surface area contributed by atoms with Crippen molar-refractivity contribution in [1.29, 1.82) is 0 Å². The SMILES string of the molecule is c1ccc2c(c1)oc1c(-c3ccc(-c4ccc(-c5ccc(-n6c7ccccc7c7ccccc76)cc5)cc4)cc3)cccc12. The highest BCUT2D eigenvalue weighted by Crippen LogP contribution is 2.37. The van der Waals surface area contributed by atoms with Gasteiger partial charge in [-0.05, 0) is 58.1 Å². The molecule has 0 spiro atoms. The van der Waals surface area contributed by atoms with E-state index < -0.39 is 0 Å². The molecule has 7 aromatic carbocycles. The van der Waals surface area contributed by atoms with Gasteiger partial charge in [-0.3, -0.25) is 0 Å². The van der Waals surface area contributed by atoms with Gasteiger partial charge in [-0.15, -0.1) is 0 Å². The summed E-state index contributed by atoms with van der Waals surface area (Å²) in [4.78, 5) is 0. The summed E-state index contributed by atoms with van der Waals surface area (Å²) in [5.41, 5.74) is 12.6. The topological polar surface area (TPSA) is 18.1 Å². The van der Waals surface area contributed by atoms with Crippen molar-refractivity contribution in [2.45, 2.75) is 0 Å². The third kappa shape index (κ3) is 3.89. The van der Waals surface area contributed by atoms with E-state index in [9.17, 15) is 0 Å². The molecule has 2 heteroatoms. The first-order valence-corrected chi connectivity index (χ1v) is 15.0. The molecule has 0 amide bonds. The zero-order chi connectivity index (χ0) is 29.0. The number of hydrogen-bond donors (Lipinski definition) is 0. The molecular formula is C42H27NO. The molecule has 2 heterocycles. The quantitative estimate of drug-likeness (QED) is 0.209. The van der Waals surface area contributed by atoms with E-state index in [1.807, 2.05) is 12.1 Å². The van der Waals surface area contributed by atoms with Gasteiger partial charge in [0.25, 0.3) is 0 Å². The second-order valence-corrected chi connectivity index (χ2v) is 11.4. The molecule has 0 bridgehead atoms. The maximum absolute atomic E-state index is 6.27. The fourth-order valence-electron chi connectivity index (χ4n) is 6.68. The number of nitrogens with zero attached hydrogens (tertiary/aromatic N) is 1. The normalized spacial score (nSPS) is 11.6. The van der Waals surface area contributed by atoms with Crippen LogP contribution in [-0.4, -0.2) is 4.57 Å². The Kier molecular flexibility index (Phi) is 5.54. The van der Waals surface area contributed by atoms with Crippen LogP contribution in [0.4, 0.5) is 0 Å². The van der Waals surface area contributed by atoms with E-state index in [0.29, 0.717) is 0 Å². The molecule has 2 nitrogen and oxygen atoms in total. The van der Waals surface area contributed by atoms with Crippen molar-refractivity contribution in [3.05, 3.63) is 164 Å². The lowest BCUT2D eigenvalue weighted by atomic mass is 9.97. The van der Waals surface area contributed by atoms with Crippen LogP contribution in [0.2, 0.25) is 0 Å². The van der Waals surface area contributed by atoms with E-state index in [1.165, 1.54) is 49.7 Å². The second kappa shape index (κ2) is 9.86. The molecule has 0 aliphatic heterocycles. The summed E-state index contributed by atoms with van der Waals surface area (Å²) in [7, 11) is 0. The average Bonchev–Trinajstić information content (AvgIpc) is 3.65. The van der Waals surface area contributed by atoms with Crippen LogP contribution in [-0.2, 0) is 0 Å². The van der Waals surface area contributed by atoms with Crippen LogP contribution >= 0.6 is 0 Å². The zero-order valence-corrected chi connectivity index (χ0v) is 23.9. The molecule has 0 N–H and O–H groups in total. The number of hydrogen-bond acceptors (Lipinski definition) is 1. The first-order chi connectivity index (χ1) is 21.8. The van der Waals surface area contributed by atoms with Gasteiger partial charge in [0.2, 0.25) is 0 Å². The van der Waals surface area contributed by atoms with Crippen molar-refractivity contribution in [2.75, 3.05) is 0 Å². The minimum Gasteiger partial charge on any atom is -0.455 e. The lowest BCUT2D eigenvalue weighted by Crippen LogP contribution is -1.93. The van der Waals surface area contributed by atoms with Crippen LogP contribution in [0.3, 0.4) is 0 Å². The molecule has 0 saturated heterocycles. The maximum atomic E-state index is 6.27. The Morgan fingerprint density at radius 2 is 0.795 bits per heavy atom. The highest BCUT2D eigenvalue weighted by Gasteiger charge is 2.13. The molecule has 0 saturated carbocycles. The molecule has 0 fully saturated rings. The van der Waals surface area contributed by atoms with Crippen LogP contribution in [0.5, 0.6) is 0 Å². The lowest BCUT2D eigenvalue weighted by molar-refractivity contribution is 0.670. The van der Waals surface area contributed by atoms with Gasteiger partial charge in [-0.25, -0.2) is 0 Å². The third-order valence-electron chi connectivity index (χ3n) is 8.86. The Morgan fingerprint density at radius 3 is 1.39 bits per heavy atom. The molecule has 0 aliphatic carbocycles. The Balaban J connectivity index is 1.00. The van der Waals surface area contributed by atoms with E-state index in [0.717, 1.165) is 33.1 Å². The second-order valence-electron chi connectivity index (χ2n) is 11.4. The molecule has 0 unspecified atom stereocenters. The zero-order valence-electron chi connectivity index (χ0n) is 23.9. The molecule has 9 rings (SSSR count). The van der Waals surface area contributed by atoms with E-state index in [4.69, 9.17) is 4.42 Å². The number of fused-ring (bicyclic) bond motifs is 6. The molecule has 206 valence electrons. The van der Waals surface area contributed by atoms with Crippen LogP contribution in [0.1, 0.15) is 0 Å². The van der Waals surface area contributed by atoms with Gasteiger partial charge < -0.3 is 8.98 Å². The minimum absolute atomic E-state index is 0.924. The number of benzene rings is 7. The number of para-hydroxylation sites is 4. The molecule has 0 atom stereocenters. The van der Waals surface area contributed by atoms with Gasteiger partial charge in [-0.2, -0.15) is 0 Å². The summed E-state index contributed by atoms with van der Waals surface area (Å²) >= 11 is 0. The van der Waals surface area contributed by atoms with Crippen LogP contribution in [0.25, 0.3) is 82.8 Å². The van der Waals surface area contributed by atoms with Gasteiger partial charge in [0.1, 0.15) is 11.2 Å². The maximum Gasteiger partial charge on any atom is 0.143 e. The van der Waals surface area contributed by atoms with Crippen molar-refractivity contribution < 1.29 is 4.42 Å². The largest absolute Gasteiger partial charge is 0.455 e. The first kappa shape index (κ1) is 24.7. The monoisotopic (exact) mass is 561 g/mol. The summed E-state index contributed by atoms with van der Waals surface area (Å²) in [6.45, 7) is 0. The summed E-state index contributed by atoms with van der Waals surface area (Å²) in [6.07, 6.45) is 0. The Labute approximate surface area is 255 Å². The number of furan rings is 1. The average molecular weight is 562 g/mol. The van der Waals surface area contributed by atoms with Crippen molar-refractivity contribution >= 4 is 43.7 Å². The summed E-state index contributed by atoms with van der Waals surface area (Å²) in [5, 5.41) is 4.87.